The van der Waals surface area contributed by atoms with Gasteiger partial charge in [-0.25, -0.2) is 0 Å². The second-order valence-electron chi connectivity index (χ2n) is 5.33. The van der Waals surface area contributed by atoms with E-state index in [0.29, 0.717) is 11.3 Å². The molecule has 0 radical (unpaired) electrons. The van der Waals surface area contributed by atoms with E-state index in [0.717, 1.165) is 13.2 Å². The third-order valence-electron chi connectivity index (χ3n) is 4.24. The first kappa shape index (κ1) is 12.0. The molecular formula is C14H23NO. The van der Waals surface area contributed by atoms with Crippen LogP contribution >= 0.6 is 0 Å². The Morgan fingerprint density at radius 1 is 1.31 bits per heavy atom. The molecule has 1 spiro atoms. The zero-order chi connectivity index (χ0) is 11.4. The summed E-state index contributed by atoms with van der Waals surface area (Å²) in [5.41, 5.74) is 0.665. The van der Waals surface area contributed by atoms with Gasteiger partial charge in [0.25, 0.3) is 0 Å². The summed E-state index contributed by atoms with van der Waals surface area (Å²) in [7, 11) is 1.78. The van der Waals surface area contributed by atoms with Crippen LogP contribution in [0.1, 0.15) is 32.6 Å². The molecule has 2 aliphatic rings. The zero-order valence-electron chi connectivity index (χ0n) is 10.6. The molecule has 0 atom stereocenters. The summed E-state index contributed by atoms with van der Waals surface area (Å²) in [5, 5.41) is 0. The Kier molecular flexibility index (Phi) is 3.89. The van der Waals surface area contributed by atoms with Gasteiger partial charge in [-0.2, -0.15) is 0 Å². The summed E-state index contributed by atoms with van der Waals surface area (Å²) in [6.45, 7) is 6.45. The fourth-order valence-corrected chi connectivity index (χ4v) is 3.17. The average molecular weight is 221 g/mol. The summed E-state index contributed by atoms with van der Waals surface area (Å²) in [6.07, 6.45) is 5.45. The molecule has 0 unspecified atom stereocenters. The molecule has 0 aromatic rings. The smallest absolute Gasteiger partial charge is 0.0589 e. The molecule has 2 rings (SSSR count). The third-order valence-corrected chi connectivity index (χ3v) is 4.24. The fourth-order valence-electron chi connectivity index (χ4n) is 3.17. The molecule has 1 aliphatic carbocycles. The van der Waals surface area contributed by atoms with Crippen molar-refractivity contribution in [1.29, 1.82) is 0 Å². The summed E-state index contributed by atoms with van der Waals surface area (Å²) >= 11 is 0. The quantitative estimate of drug-likeness (QED) is 0.677. The fraction of sp³-hybridized carbons (Fsp3) is 0.857. The van der Waals surface area contributed by atoms with Gasteiger partial charge in [-0.1, -0.05) is 0 Å². The highest BCUT2D eigenvalue weighted by atomic mass is 16.5. The SMILES string of the molecule is CC#CC1CC2(CCN(CCOC)CC2)C1. The van der Waals surface area contributed by atoms with Crippen molar-refractivity contribution in [2.24, 2.45) is 11.3 Å². The van der Waals surface area contributed by atoms with Gasteiger partial charge in [0.15, 0.2) is 0 Å². The molecular weight excluding hydrogens is 198 g/mol. The molecule has 0 bridgehead atoms. The van der Waals surface area contributed by atoms with Gasteiger partial charge >= 0.3 is 0 Å². The van der Waals surface area contributed by atoms with Crippen LogP contribution in [0.25, 0.3) is 0 Å². The van der Waals surface area contributed by atoms with Crippen molar-refractivity contribution in [2.45, 2.75) is 32.6 Å². The van der Waals surface area contributed by atoms with Crippen molar-refractivity contribution in [3.8, 4) is 11.8 Å². The first-order chi connectivity index (χ1) is 7.78. The van der Waals surface area contributed by atoms with E-state index in [9.17, 15) is 0 Å². The minimum absolute atomic E-state index is 0.665. The van der Waals surface area contributed by atoms with Crippen LogP contribution in [0.3, 0.4) is 0 Å². The van der Waals surface area contributed by atoms with Crippen LogP contribution in [-0.2, 0) is 4.74 Å². The molecule has 2 fully saturated rings. The van der Waals surface area contributed by atoms with E-state index >= 15 is 0 Å². The number of rotatable bonds is 3. The molecule has 0 N–H and O–H groups in total. The first-order valence-corrected chi connectivity index (χ1v) is 6.41. The third kappa shape index (κ3) is 2.59. The number of nitrogens with zero attached hydrogens (tertiary/aromatic N) is 1. The lowest BCUT2D eigenvalue weighted by Crippen LogP contribution is -2.47. The van der Waals surface area contributed by atoms with Crippen LogP contribution in [0.4, 0.5) is 0 Å². The highest BCUT2D eigenvalue weighted by Crippen LogP contribution is 2.52. The Morgan fingerprint density at radius 2 is 2.00 bits per heavy atom. The number of hydrogen-bond donors (Lipinski definition) is 0. The summed E-state index contributed by atoms with van der Waals surface area (Å²) in [5.74, 6) is 7.07. The molecule has 2 nitrogen and oxygen atoms in total. The second-order valence-corrected chi connectivity index (χ2v) is 5.33. The van der Waals surface area contributed by atoms with Gasteiger partial charge in [0.1, 0.15) is 0 Å². The van der Waals surface area contributed by atoms with E-state index in [1.54, 1.807) is 7.11 Å². The standard InChI is InChI=1S/C14H23NO/c1-3-4-13-11-14(12-13)5-7-15(8-6-14)9-10-16-2/h13H,5-12H2,1-2H3. The summed E-state index contributed by atoms with van der Waals surface area (Å²) in [4.78, 5) is 2.54. The highest BCUT2D eigenvalue weighted by molar-refractivity contribution is 5.11. The Hall–Kier alpha value is -0.520. The highest BCUT2D eigenvalue weighted by Gasteiger charge is 2.44. The maximum Gasteiger partial charge on any atom is 0.0589 e. The molecule has 0 aromatic heterocycles. The molecule has 16 heavy (non-hydrogen) atoms. The first-order valence-electron chi connectivity index (χ1n) is 6.41. The predicted octanol–water partition coefficient (Wildman–Crippen LogP) is 2.15. The average Bonchev–Trinajstić information content (AvgIpc) is 2.26. The van der Waals surface area contributed by atoms with Crippen LogP contribution in [0.15, 0.2) is 0 Å². The molecule has 1 aliphatic heterocycles. The lowest BCUT2D eigenvalue weighted by Gasteiger charge is -2.51. The number of methoxy groups -OCH3 is 1. The topological polar surface area (TPSA) is 12.5 Å². The number of ether oxygens (including phenoxy) is 1. The molecule has 0 amide bonds. The number of hydrogen-bond acceptors (Lipinski definition) is 2. The Morgan fingerprint density at radius 3 is 2.56 bits per heavy atom. The number of likely N-dealkylation sites (tertiary alicyclic amines) is 1. The van der Waals surface area contributed by atoms with Crippen molar-refractivity contribution in [2.75, 3.05) is 33.4 Å². The van der Waals surface area contributed by atoms with Gasteiger partial charge < -0.3 is 9.64 Å². The van der Waals surface area contributed by atoms with E-state index in [4.69, 9.17) is 4.74 Å². The van der Waals surface area contributed by atoms with E-state index in [-0.39, 0.29) is 0 Å². The van der Waals surface area contributed by atoms with Crippen LogP contribution < -0.4 is 0 Å². The van der Waals surface area contributed by atoms with Crippen molar-refractivity contribution in [1.82, 2.24) is 4.90 Å². The summed E-state index contributed by atoms with van der Waals surface area (Å²) in [6, 6.07) is 0. The van der Waals surface area contributed by atoms with E-state index in [1.165, 1.54) is 38.8 Å². The zero-order valence-corrected chi connectivity index (χ0v) is 10.6. The van der Waals surface area contributed by atoms with Gasteiger partial charge in [-0.05, 0) is 51.1 Å². The van der Waals surface area contributed by atoms with Crippen LogP contribution in [-0.4, -0.2) is 38.3 Å². The van der Waals surface area contributed by atoms with E-state index in [2.05, 4.69) is 16.7 Å². The monoisotopic (exact) mass is 221 g/mol. The van der Waals surface area contributed by atoms with Gasteiger partial charge in [0, 0.05) is 19.6 Å². The molecule has 2 heteroatoms. The van der Waals surface area contributed by atoms with E-state index < -0.39 is 0 Å². The Bertz CT molecular complexity index is 273. The van der Waals surface area contributed by atoms with Crippen molar-refractivity contribution in [3.05, 3.63) is 0 Å². The van der Waals surface area contributed by atoms with E-state index in [1.807, 2.05) is 6.92 Å². The van der Waals surface area contributed by atoms with Crippen molar-refractivity contribution in [3.63, 3.8) is 0 Å². The van der Waals surface area contributed by atoms with Gasteiger partial charge in [-0.15, -0.1) is 11.8 Å². The van der Waals surface area contributed by atoms with Gasteiger partial charge in [0.05, 0.1) is 6.61 Å². The van der Waals surface area contributed by atoms with Crippen molar-refractivity contribution < 1.29 is 4.74 Å². The molecule has 1 heterocycles. The molecule has 1 saturated carbocycles. The van der Waals surface area contributed by atoms with Crippen LogP contribution in [0.5, 0.6) is 0 Å². The predicted molar refractivity (Wildman–Crippen MR) is 66.2 cm³/mol. The minimum Gasteiger partial charge on any atom is -0.383 e. The molecule has 1 saturated heterocycles. The lowest BCUT2D eigenvalue weighted by molar-refractivity contribution is 0.00152. The largest absolute Gasteiger partial charge is 0.383 e. The maximum absolute atomic E-state index is 5.13. The van der Waals surface area contributed by atoms with Crippen molar-refractivity contribution >= 4 is 0 Å². The number of piperidine rings is 1. The Labute approximate surface area is 99.3 Å². The van der Waals surface area contributed by atoms with Gasteiger partial charge in [-0.3, -0.25) is 0 Å². The minimum atomic E-state index is 0.665. The van der Waals surface area contributed by atoms with Crippen LogP contribution in [0.2, 0.25) is 0 Å². The second kappa shape index (κ2) is 5.21. The lowest BCUT2D eigenvalue weighted by atomic mass is 9.58. The van der Waals surface area contributed by atoms with Gasteiger partial charge in [0.2, 0.25) is 0 Å². The summed E-state index contributed by atoms with van der Waals surface area (Å²) < 4.78 is 5.13. The molecule has 0 aromatic carbocycles. The molecule has 90 valence electrons. The Balaban J connectivity index is 1.71. The maximum atomic E-state index is 5.13. The normalized spacial score (nSPS) is 24.9. The van der Waals surface area contributed by atoms with Crippen LogP contribution in [0, 0.1) is 23.2 Å².